The largest absolute Gasteiger partial charge is 0.573 e. The second-order valence-electron chi connectivity index (χ2n) is 6.56. The summed E-state index contributed by atoms with van der Waals surface area (Å²) in [6, 6.07) is 6.46. The van der Waals surface area contributed by atoms with Crippen LogP contribution in [-0.4, -0.2) is 49.3 Å². The molecule has 0 fully saturated rings. The molecule has 0 radical (unpaired) electrons. The number of benzene rings is 2. The van der Waals surface area contributed by atoms with Gasteiger partial charge in [-0.15, -0.1) is 13.2 Å². The van der Waals surface area contributed by atoms with E-state index < -0.39 is 29.7 Å². The third kappa shape index (κ3) is 5.22. The molecule has 3 aromatic rings. The lowest BCUT2D eigenvalue weighted by Crippen LogP contribution is -2.36. The minimum absolute atomic E-state index is 0.0759. The number of hydrogen-bond acceptors (Lipinski definition) is 5. The van der Waals surface area contributed by atoms with Crippen molar-refractivity contribution in [3.8, 4) is 5.75 Å². The highest BCUT2D eigenvalue weighted by Crippen LogP contribution is 2.33. The highest BCUT2D eigenvalue weighted by Gasteiger charge is 2.31. The summed E-state index contributed by atoms with van der Waals surface area (Å²) in [6.45, 7) is 0.615. The summed E-state index contributed by atoms with van der Waals surface area (Å²) in [7, 11) is 3.58. The van der Waals surface area contributed by atoms with E-state index in [0.717, 1.165) is 35.6 Å². The van der Waals surface area contributed by atoms with Crippen molar-refractivity contribution < 1.29 is 31.5 Å². The number of carbonyl (C=O) groups is 1. The van der Waals surface area contributed by atoms with E-state index in [-0.39, 0.29) is 17.2 Å². The summed E-state index contributed by atoms with van der Waals surface area (Å²) in [5, 5.41) is 0.214. The fourth-order valence-corrected chi connectivity index (χ4v) is 3.59. The first-order valence-corrected chi connectivity index (χ1v) is 9.43. The zero-order valence-corrected chi connectivity index (χ0v) is 16.7. The van der Waals surface area contributed by atoms with Crippen LogP contribution in [0.4, 0.5) is 27.1 Å². The molecule has 30 heavy (non-hydrogen) atoms. The van der Waals surface area contributed by atoms with Gasteiger partial charge in [-0.3, -0.25) is 9.69 Å². The number of carbonyl (C=O) groups excluding carboxylic acids is 1. The first-order chi connectivity index (χ1) is 14.0. The van der Waals surface area contributed by atoms with Crippen molar-refractivity contribution in [1.82, 2.24) is 9.88 Å². The lowest BCUT2D eigenvalue weighted by atomic mass is 10.2. The first-order valence-electron chi connectivity index (χ1n) is 8.61. The summed E-state index contributed by atoms with van der Waals surface area (Å²) in [6.07, 6.45) is -4.83. The molecular formula is C19H16F5N3O2S. The van der Waals surface area contributed by atoms with Crippen molar-refractivity contribution in [2.45, 2.75) is 6.36 Å². The van der Waals surface area contributed by atoms with Gasteiger partial charge in [0.1, 0.15) is 5.75 Å². The van der Waals surface area contributed by atoms with Gasteiger partial charge in [-0.2, -0.15) is 0 Å². The van der Waals surface area contributed by atoms with Crippen LogP contribution < -0.4 is 9.64 Å². The fraction of sp³-hybridized carbons (Fsp3) is 0.263. The average molecular weight is 445 g/mol. The smallest absolute Gasteiger partial charge is 0.406 e. The number of amides is 1. The van der Waals surface area contributed by atoms with E-state index in [2.05, 4.69) is 9.72 Å². The number of thiazole rings is 1. The maximum Gasteiger partial charge on any atom is 0.573 e. The van der Waals surface area contributed by atoms with Gasteiger partial charge in [-0.1, -0.05) is 11.3 Å². The summed E-state index contributed by atoms with van der Waals surface area (Å²) in [5.74, 6) is -3.26. The van der Waals surface area contributed by atoms with E-state index in [1.54, 1.807) is 14.1 Å². The van der Waals surface area contributed by atoms with Gasteiger partial charge in [-0.05, 0) is 44.4 Å². The van der Waals surface area contributed by atoms with Crippen molar-refractivity contribution >= 4 is 32.6 Å². The van der Waals surface area contributed by atoms with Crippen molar-refractivity contribution in [2.75, 3.05) is 32.1 Å². The zero-order chi connectivity index (χ0) is 22.1. The van der Waals surface area contributed by atoms with Gasteiger partial charge in [0.2, 0.25) is 0 Å². The van der Waals surface area contributed by atoms with E-state index in [1.807, 2.05) is 4.90 Å². The zero-order valence-electron chi connectivity index (χ0n) is 15.8. The number of ether oxygens (including phenoxy) is 1. The van der Waals surface area contributed by atoms with E-state index >= 15 is 0 Å². The van der Waals surface area contributed by atoms with Crippen LogP contribution in [0.1, 0.15) is 10.4 Å². The molecule has 11 heteroatoms. The molecule has 0 saturated carbocycles. The van der Waals surface area contributed by atoms with Gasteiger partial charge in [0.15, 0.2) is 16.8 Å². The third-order valence-corrected chi connectivity index (χ3v) is 5.04. The van der Waals surface area contributed by atoms with Crippen LogP contribution in [-0.2, 0) is 0 Å². The number of alkyl halides is 3. The molecule has 0 spiro atoms. The Labute approximate surface area is 172 Å². The number of hydrogen-bond donors (Lipinski definition) is 0. The maximum atomic E-state index is 13.6. The molecule has 5 nitrogen and oxygen atoms in total. The SMILES string of the molecule is CN(C)CCN(C(=O)c1ccc(F)c(F)c1)c1nc2ccc(OC(F)(F)F)cc2s1. The van der Waals surface area contributed by atoms with E-state index in [9.17, 15) is 26.7 Å². The molecule has 0 saturated heterocycles. The number of likely N-dealkylation sites (N-methyl/N-ethyl adjacent to an activating group) is 1. The lowest BCUT2D eigenvalue weighted by Gasteiger charge is -2.22. The molecule has 0 aliphatic rings. The average Bonchev–Trinajstić information content (AvgIpc) is 3.05. The molecule has 0 unspecified atom stereocenters. The normalized spacial score (nSPS) is 11.9. The van der Waals surface area contributed by atoms with Crippen molar-refractivity contribution in [3.05, 3.63) is 53.6 Å². The Morgan fingerprint density at radius 3 is 2.43 bits per heavy atom. The summed E-state index contributed by atoms with van der Waals surface area (Å²) < 4.78 is 68.5. The van der Waals surface area contributed by atoms with E-state index in [4.69, 9.17) is 0 Å². The molecule has 1 aromatic heterocycles. The number of anilines is 1. The van der Waals surface area contributed by atoms with Gasteiger partial charge < -0.3 is 9.64 Å². The van der Waals surface area contributed by atoms with Gasteiger partial charge in [-0.25, -0.2) is 13.8 Å². The minimum Gasteiger partial charge on any atom is -0.406 e. The molecule has 0 bridgehead atoms. The molecule has 1 heterocycles. The molecule has 160 valence electrons. The second-order valence-corrected chi connectivity index (χ2v) is 7.57. The van der Waals surface area contributed by atoms with Crippen LogP contribution in [0.25, 0.3) is 10.2 Å². The van der Waals surface area contributed by atoms with Gasteiger partial charge >= 0.3 is 6.36 Å². The Morgan fingerprint density at radius 1 is 1.07 bits per heavy atom. The fourth-order valence-electron chi connectivity index (χ4n) is 2.57. The van der Waals surface area contributed by atoms with Gasteiger partial charge in [0.25, 0.3) is 5.91 Å². The van der Waals surface area contributed by atoms with Crippen molar-refractivity contribution in [1.29, 1.82) is 0 Å². The molecule has 0 aliphatic carbocycles. The number of fused-ring (bicyclic) bond motifs is 1. The molecule has 0 N–H and O–H groups in total. The standard InChI is InChI=1S/C19H16F5N3O2S/c1-26(2)7-8-27(17(28)11-3-5-13(20)14(21)9-11)18-25-15-6-4-12(10-16(15)30-18)29-19(22,23)24/h3-6,9-10H,7-8H2,1-2H3. The third-order valence-electron chi connectivity index (χ3n) is 4.00. The highest BCUT2D eigenvalue weighted by molar-refractivity contribution is 7.22. The first kappa shape index (κ1) is 21.9. The molecule has 2 aromatic carbocycles. The lowest BCUT2D eigenvalue weighted by molar-refractivity contribution is -0.274. The molecule has 3 rings (SSSR count). The van der Waals surface area contributed by atoms with Gasteiger partial charge in [0.05, 0.1) is 10.2 Å². The molecular weight excluding hydrogens is 429 g/mol. The number of aromatic nitrogens is 1. The monoisotopic (exact) mass is 445 g/mol. The Balaban J connectivity index is 1.97. The Hall–Kier alpha value is -2.79. The predicted octanol–water partition coefficient (Wildman–Crippen LogP) is 4.68. The molecule has 1 amide bonds. The molecule has 0 atom stereocenters. The van der Waals surface area contributed by atoms with Crippen molar-refractivity contribution in [2.24, 2.45) is 0 Å². The van der Waals surface area contributed by atoms with Crippen molar-refractivity contribution in [3.63, 3.8) is 0 Å². The minimum atomic E-state index is -4.83. The van der Waals surface area contributed by atoms with Crippen LogP contribution in [0.2, 0.25) is 0 Å². The van der Waals surface area contributed by atoms with E-state index in [1.165, 1.54) is 17.0 Å². The summed E-state index contributed by atoms with van der Waals surface area (Å²) in [5.41, 5.74) is 0.297. The Kier molecular flexibility index (Phi) is 6.22. The predicted molar refractivity (Wildman–Crippen MR) is 103 cm³/mol. The molecule has 0 aliphatic heterocycles. The topological polar surface area (TPSA) is 45.7 Å². The van der Waals surface area contributed by atoms with Crippen LogP contribution in [0, 0.1) is 11.6 Å². The summed E-state index contributed by atoms with van der Waals surface area (Å²) >= 11 is 0.988. The number of rotatable bonds is 6. The van der Waals surface area contributed by atoms with Gasteiger partial charge in [0, 0.05) is 24.7 Å². The highest BCUT2D eigenvalue weighted by atomic mass is 32.1. The van der Waals surface area contributed by atoms with Crippen LogP contribution >= 0.6 is 11.3 Å². The number of halogens is 5. The van der Waals surface area contributed by atoms with E-state index in [0.29, 0.717) is 16.8 Å². The summed E-state index contributed by atoms with van der Waals surface area (Å²) in [4.78, 5) is 20.4. The Morgan fingerprint density at radius 2 is 1.80 bits per heavy atom. The quantitative estimate of drug-likeness (QED) is 0.517. The number of nitrogens with zero attached hydrogens (tertiary/aromatic N) is 3. The Bertz CT molecular complexity index is 1070. The second kappa shape index (κ2) is 8.52. The van der Waals surface area contributed by atoms with Crippen LogP contribution in [0.3, 0.4) is 0 Å². The van der Waals surface area contributed by atoms with Crippen LogP contribution in [0.5, 0.6) is 5.75 Å². The maximum absolute atomic E-state index is 13.6. The van der Waals surface area contributed by atoms with Crippen LogP contribution in [0.15, 0.2) is 36.4 Å².